The summed E-state index contributed by atoms with van der Waals surface area (Å²) in [6, 6.07) is 2.02. The Bertz CT molecular complexity index is 1210. The molecule has 0 aromatic carbocycles. The Morgan fingerprint density at radius 1 is 1.31 bits per heavy atom. The first kappa shape index (κ1) is 26.2. The summed E-state index contributed by atoms with van der Waals surface area (Å²) in [5, 5.41) is 9.68. The Morgan fingerprint density at radius 2 is 2.03 bits per heavy atom. The zero-order valence-corrected chi connectivity index (χ0v) is 22.2. The smallest absolute Gasteiger partial charge is 0.409 e. The minimum absolute atomic E-state index is 0.0254. The van der Waals surface area contributed by atoms with Crippen LogP contribution in [0.25, 0.3) is 6.08 Å². The molecule has 1 unspecified atom stereocenters. The quantitative estimate of drug-likeness (QED) is 0.417. The highest BCUT2D eigenvalue weighted by Crippen LogP contribution is 2.36. The molecule has 3 fully saturated rings. The summed E-state index contributed by atoms with van der Waals surface area (Å²) < 4.78 is 12.7. The highest BCUT2D eigenvalue weighted by molar-refractivity contribution is 8.26. The van der Waals surface area contributed by atoms with Crippen LogP contribution >= 0.6 is 24.0 Å². The van der Waals surface area contributed by atoms with Gasteiger partial charge in [0.25, 0.3) is 11.5 Å². The molecule has 0 aliphatic carbocycles. The third kappa shape index (κ3) is 5.00. The number of pyridine rings is 1. The summed E-state index contributed by atoms with van der Waals surface area (Å²) in [7, 11) is 1.62. The number of ether oxygens (including phenoxy) is 2. The monoisotopic (exact) mass is 531 g/mol. The van der Waals surface area contributed by atoms with E-state index >= 15 is 0 Å². The molecule has 2 amide bonds. The fourth-order valence-corrected chi connectivity index (χ4v) is 5.95. The van der Waals surface area contributed by atoms with Gasteiger partial charge in [-0.3, -0.25) is 19.1 Å². The van der Waals surface area contributed by atoms with E-state index in [9.17, 15) is 19.6 Å². The third-order valence-electron chi connectivity index (χ3n) is 6.63. The summed E-state index contributed by atoms with van der Waals surface area (Å²) in [6.07, 6.45) is 3.21. The van der Waals surface area contributed by atoms with Crippen LogP contribution < -0.4 is 10.5 Å². The van der Waals surface area contributed by atoms with E-state index in [-0.39, 0.29) is 23.7 Å². The van der Waals surface area contributed by atoms with Gasteiger partial charge in [-0.15, -0.1) is 0 Å². The number of hydrogen-bond acceptors (Lipinski definition) is 9. The number of thiocarbonyl (C=S) groups is 1. The topological polar surface area (TPSA) is 108 Å². The number of thioether (sulfide) groups is 1. The lowest BCUT2D eigenvalue weighted by Gasteiger charge is -2.37. The number of piperazine rings is 1. The first-order valence-electron chi connectivity index (χ1n) is 11.9. The Balaban J connectivity index is 1.68. The van der Waals surface area contributed by atoms with Crippen LogP contribution in [0.3, 0.4) is 0 Å². The number of aromatic nitrogens is 1. The van der Waals surface area contributed by atoms with Crippen LogP contribution in [0.5, 0.6) is 0 Å². The molecule has 1 aromatic rings. The second-order valence-electron chi connectivity index (χ2n) is 8.81. The van der Waals surface area contributed by atoms with Gasteiger partial charge < -0.3 is 19.3 Å². The molecule has 4 rings (SSSR count). The number of carbonyl (C=O) groups is 2. The fraction of sp³-hybridized carbons (Fsp3) is 0.542. The average molecular weight is 532 g/mol. The Hall–Kier alpha value is -2.88. The van der Waals surface area contributed by atoms with Crippen molar-refractivity contribution in [2.45, 2.75) is 32.8 Å². The van der Waals surface area contributed by atoms with Crippen molar-refractivity contribution in [3.63, 3.8) is 0 Å². The molecule has 0 spiro atoms. The third-order valence-corrected chi connectivity index (χ3v) is 8.01. The number of nitrogens with zero attached hydrogens (tertiary/aromatic N) is 5. The van der Waals surface area contributed by atoms with Crippen LogP contribution in [0.1, 0.15) is 36.5 Å². The lowest BCUT2D eigenvalue weighted by atomic mass is 10.0. The second-order valence-corrected chi connectivity index (χ2v) is 10.5. The van der Waals surface area contributed by atoms with Crippen molar-refractivity contribution >= 4 is 52.2 Å². The van der Waals surface area contributed by atoms with E-state index in [1.165, 1.54) is 16.3 Å². The highest BCUT2D eigenvalue weighted by atomic mass is 32.2. The Morgan fingerprint density at radius 3 is 2.64 bits per heavy atom. The molecule has 3 aliphatic rings. The molecule has 10 nitrogen and oxygen atoms in total. The molecule has 1 atom stereocenters. The molecular weight excluding hydrogens is 502 g/mol. The number of nitriles is 1. The van der Waals surface area contributed by atoms with Gasteiger partial charge in [-0.25, -0.2) is 4.79 Å². The lowest BCUT2D eigenvalue weighted by molar-refractivity contribution is -0.123. The molecule has 0 N–H and O–H groups in total. The van der Waals surface area contributed by atoms with Gasteiger partial charge in [0.05, 0.1) is 24.2 Å². The Kier molecular flexibility index (Phi) is 8.02. The van der Waals surface area contributed by atoms with Crippen molar-refractivity contribution in [2.24, 2.45) is 7.05 Å². The standard InChI is InChI=1S/C24H29N5O5S2/c1-4-33-23(32)28-9-7-27(8-10-28)20-17(15(2)18(13-25)21(30)26(20)3)12-19-22(31)29(24(35)36-19)14-16-6-5-11-34-16/h12,16H,4-11,14H2,1-3H3. The number of rotatable bonds is 5. The largest absolute Gasteiger partial charge is 0.450 e. The summed E-state index contributed by atoms with van der Waals surface area (Å²) in [5.41, 5.74) is 0.761. The highest BCUT2D eigenvalue weighted by Gasteiger charge is 2.35. The van der Waals surface area contributed by atoms with E-state index in [1.54, 1.807) is 36.8 Å². The van der Waals surface area contributed by atoms with Crippen LogP contribution in [-0.4, -0.2) is 82.7 Å². The van der Waals surface area contributed by atoms with Crippen LogP contribution in [0.4, 0.5) is 10.6 Å². The van der Waals surface area contributed by atoms with Gasteiger partial charge in [0.2, 0.25) is 0 Å². The minimum Gasteiger partial charge on any atom is -0.450 e. The minimum atomic E-state index is -0.402. The maximum atomic E-state index is 13.3. The number of amides is 2. The van der Waals surface area contributed by atoms with Crippen molar-refractivity contribution < 1.29 is 19.1 Å². The average Bonchev–Trinajstić information content (AvgIpc) is 3.47. The van der Waals surface area contributed by atoms with E-state index in [4.69, 9.17) is 21.7 Å². The molecule has 3 aliphatic heterocycles. The van der Waals surface area contributed by atoms with Gasteiger partial charge in [0, 0.05) is 45.4 Å². The zero-order valence-electron chi connectivity index (χ0n) is 20.6. The van der Waals surface area contributed by atoms with E-state index in [2.05, 4.69) is 0 Å². The van der Waals surface area contributed by atoms with Crippen molar-refractivity contribution in [3.8, 4) is 6.07 Å². The maximum absolute atomic E-state index is 13.3. The van der Waals surface area contributed by atoms with Crippen LogP contribution in [0.15, 0.2) is 9.70 Å². The van der Waals surface area contributed by atoms with E-state index in [0.29, 0.717) is 72.1 Å². The molecule has 0 radical (unpaired) electrons. The maximum Gasteiger partial charge on any atom is 0.409 e. The van der Waals surface area contributed by atoms with Gasteiger partial charge >= 0.3 is 6.09 Å². The summed E-state index contributed by atoms with van der Waals surface area (Å²) in [6.45, 7) is 6.69. The van der Waals surface area contributed by atoms with E-state index in [1.807, 2.05) is 11.0 Å². The van der Waals surface area contributed by atoms with Gasteiger partial charge in [-0.1, -0.05) is 24.0 Å². The first-order valence-corrected chi connectivity index (χ1v) is 13.2. The van der Waals surface area contributed by atoms with Crippen molar-refractivity contribution in [1.29, 1.82) is 5.26 Å². The van der Waals surface area contributed by atoms with Gasteiger partial charge in [0.15, 0.2) is 0 Å². The normalized spacial score (nSPS) is 21.4. The number of hydrogen-bond donors (Lipinski definition) is 0. The summed E-state index contributed by atoms with van der Waals surface area (Å²) in [4.78, 5) is 44.0. The van der Waals surface area contributed by atoms with Crippen molar-refractivity contribution in [3.05, 3.63) is 31.9 Å². The summed E-state index contributed by atoms with van der Waals surface area (Å²) >= 11 is 6.71. The Labute approximate surface area is 219 Å². The van der Waals surface area contributed by atoms with Crippen molar-refractivity contribution in [1.82, 2.24) is 14.4 Å². The molecule has 192 valence electrons. The SMILES string of the molecule is CCOC(=O)N1CCN(c2c(C=C3SC(=S)N(CC4CCCO4)C3=O)c(C)c(C#N)c(=O)n2C)CC1. The number of anilines is 1. The fourth-order valence-electron chi connectivity index (χ4n) is 4.69. The molecule has 36 heavy (non-hydrogen) atoms. The zero-order chi connectivity index (χ0) is 26.0. The predicted octanol–water partition coefficient (Wildman–Crippen LogP) is 2.22. The molecular formula is C24H29N5O5S2. The second kappa shape index (κ2) is 11.0. The lowest BCUT2D eigenvalue weighted by Crippen LogP contribution is -2.50. The van der Waals surface area contributed by atoms with Crippen LogP contribution in [0.2, 0.25) is 0 Å². The van der Waals surface area contributed by atoms with Gasteiger partial charge in [-0.05, 0) is 38.3 Å². The van der Waals surface area contributed by atoms with E-state index < -0.39 is 5.56 Å². The number of carbonyl (C=O) groups excluding carboxylic acids is 2. The van der Waals surface area contributed by atoms with Crippen LogP contribution in [-0.2, 0) is 21.3 Å². The first-order chi connectivity index (χ1) is 17.3. The molecule has 0 saturated carbocycles. The molecule has 12 heteroatoms. The molecule has 0 bridgehead atoms. The van der Waals surface area contributed by atoms with Crippen molar-refractivity contribution in [2.75, 3.05) is 50.8 Å². The molecule has 3 saturated heterocycles. The summed E-state index contributed by atoms with van der Waals surface area (Å²) in [5.74, 6) is 0.398. The molecule has 4 heterocycles. The van der Waals surface area contributed by atoms with Gasteiger partial charge in [0.1, 0.15) is 21.8 Å². The van der Waals surface area contributed by atoms with Gasteiger partial charge in [-0.2, -0.15) is 5.26 Å². The molecule has 1 aromatic heterocycles. The predicted molar refractivity (Wildman–Crippen MR) is 141 cm³/mol. The van der Waals surface area contributed by atoms with E-state index in [0.717, 1.165) is 12.8 Å². The van der Waals surface area contributed by atoms with Crippen LogP contribution in [0, 0.1) is 18.3 Å².